The van der Waals surface area contributed by atoms with Crippen molar-refractivity contribution in [3.8, 4) is 22.7 Å². The van der Waals surface area contributed by atoms with Gasteiger partial charge < -0.3 is 4.74 Å². The predicted molar refractivity (Wildman–Crippen MR) is 142 cm³/mol. The predicted octanol–water partition coefficient (Wildman–Crippen LogP) is 5.85. The summed E-state index contributed by atoms with van der Waals surface area (Å²) >= 11 is 6.72. The molecular formula is C25H24N4O4S2. The van der Waals surface area contributed by atoms with Crippen LogP contribution in [0.2, 0.25) is 0 Å². The molecule has 1 aromatic heterocycles. The van der Waals surface area contributed by atoms with Crippen molar-refractivity contribution in [2.75, 3.05) is 13.7 Å². The molecule has 10 heteroatoms. The molecule has 0 spiro atoms. The Bertz CT molecular complexity index is 1300. The van der Waals surface area contributed by atoms with Gasteiger partial charge in [0.2, 0.25) is 0 Å². The van der Waals surface area contributed by atoms with Crippen molar-refractivity contribution >= 4 is 46.0 Å². The molecule has 35 heavy (non-hydrogen) atoms. The second kappa shape index (κ2) is 10.8. The van der Waals surface area contributed by atoms with Crippen LogP contribution in [-0.4, -0.2) is 43.5 Å². The SMILES string of the molecule is CCCCCN1C(=O)C(=Cc2cn(-c3ccccc3)nc2-c2ccc(OC)c([N+](=O)[O-])c2)SC1=S. The standard InChI is InChI=1S/C25H24N4O4S2/c1-3-4-8-13-27-24(30)22(35-25(27)34)15-18-16-28(19-9-6-5-7-10-19)26-23(18)17-11-12-21(33-2)20(14-17)29(31)32/h5-7,9-12,14-16H,3-4,8,13H2,1-2H3. The molecule has 1 amide bonds. The van der Waals surface area contributed by atoms with E-state index >= 15 is 0 Å². The largest absolute Gasteiger partial charge is 0.490 e. The number of methoxy groups -OCH3 is 1. The van der Waals surface area contributed by atoms with E-state index in [1.807, 2.05) is 36.5 Å². The lowest BCUT2D eigenvalue weighted by Crippen LogP contribution is -2.28. The summed E-state index contributed by atoms with van der Waals surface area (Å²) in [5.74, 6) is 0.0333. The third-order valence-corrected chi connectivity index (χ3v) is 6.94. The molecule has 0 saturated carbocycles. The molecule has 2 heterocycles. The second-order valence-corrected chi connectivity index (χ2v) is 9.57. The van der Waals surface area contributed by atoms with Gasteiger partial charge in [0, 0.05) is 29.9 Å². The number of unbranched alkanes of at least 4 members (excludes halogenated alkanes) is 2. The monoisotopic (exact) mass is 508 g/mol. The first-order valence-corrected chi connectivity index (χ1v) is 12.4. The third-order valence-electron chi connectivity index (χ3n) is 5.56. The van der Waals surface area contributed by atoms with E-state index in [0.717, 1.165) is 24.9 Å². The van der Waals surface area contributed by atoms with Crippen LogP contribution in [0, 0.1) is 10.1 Å². The van der Waals surface area contributed by atoms with E-state index in [2.05, 4.69) is 6.92 Å². The number of carbonyl (C=O) groups excluding carboxylic acids is 1. The van der Waals surface area contributed by atoms with E-state index < -0.39 is 4.92 Å². The van der Waals surface area contributed by atoms with Crippen molar-refractivity contribution in [1.82, 2.24) is 14.7 Å². The van der Waals surface area contributed by atoms with Crippen LogP contribution in [0.3, 0.4) is 0 Å². The van der Waals surface area contributed by atoms with Crippen molar-refractivity contribution in [2.24, 2.45) is 0 Å². The van der Waals surface area contributed by atoms with Gasteiger partial charge in [-0.05, 0) is 36.8 Å². The molecular weight excluding hydrogens is 484 g/mol. The summed E-state index contributed by atoms with van der Waals surface area (Å²) in [4.78, 5) is 26.3. The number of aromatic nitrogens is 2. The summed E-state index contributed by atoms with van der Waals surface area (Å²) < 4.78 is 7.37. The molecule has 180 valence electrons. The van der Waals surface area contributed by atoms with Crippen LogP contribution in [0.1, 0.15) is 31.7 Å². The summed E-state index contributed by atoms with van der Waals surface area (Å²) in [5, 5.41) is 16.3. The molecule has 1 fully saturated rings. The lowest BCUT2D eigenvalue weighted by atomic mass is 10.1. The Labute approximate surface area is 212 Å². The first kappa shape index (κ1) is 24.6. The Balaban J connectivity index is 1.78. The number of hydrogen-bond donors (Lipinski definition) is 0. The van der Waals surface area contributed by atoms with Crippen LogP contribution in [0.15, 0.2) is 59.6 Å². The number of carbonyl (C=O) groups is 1. The number of hydrogen-bond acceptors (Lipinski definition) is 7. The van der Waals surface area contributed by atoms with Gasteiger partial charge in [-0.25, -0.2) is 4.68 Å². The fraction of sp³-hybridized carbons (Fsp3) is 0.240. The van der Waals surface area contributed by atoms with Crippen LogP contribution in [0.5, 0.6) is 5.75 Å². The lowest BCUT2D eigenvalue weighted by Gasteiger charge is -2.13. The third kappa shape index (κ3) is 5.28. The molecule has 3 aromatic rings. The number of amides is 1. The quantitative estimate of drug-likeness (QED) is 0.118. The number of thioether (sulfide) groups is 1. The van der Waals surface area contributed by atoms with E-state index in [4.69, 9.17) is 22.1 Å². The average molecular weight is 509 g/mol. The van der Waals surface area contributed by atoms with Crippen LogP contribution in [0.4, 0.5) is 5.69 Å². The molecule has 0 N–H and O–H groups in total. The Morgan fingerprint density at radius 1 is 1.20 bits per heavy atom. The van der Waals surface area contributed by atoms with Gasteiger partial charge in [0.1, 0.15) is 10.0 Å². The number of nitrogens with zero attached hydrogens (tertiary/aromatic N) is 4. The number of nitro groups is 1. The summed E-state index contributed by atoms with van der Waals surface area (Å²) in [7, 11) is 1.39. The molecule has 2 aromatic carbocycles. The molecule has 0 unspecified atom stereocenters. The van der Waals surface area contributed by atoms with Gasteiger partial charge in [0.15, 0.2) is 5.75 Å². The average Bonchev–Trinajstić information content (AvgIpc) is 3.40. The minimum absolute atomic E-state index is 0.129. The van der Waals surface area contributed by atoms with Gasteiger partial charge in [0.05, 0.1) is 22.6 Å². The van der Waals surface area contributed by atoms with E-state index in [1.165, 1.54) is 24.9 Å². The normalized spacial score (nSPS) is 14.7. The summed E-state index contributed by atoms with van der Waals surface area (Å²) in [5.41, 5.74) is 2.37. The maximum Gasteiger partial charge on any atom is 0.311 e. The number of nitro benzene ring substituents is 1. The molecule has 4 rings (SSSR count). The Morgan fingerprint density at radius 3 is 2.66 bits per heavy atom. The van der Waals surface area contributed by atoms with Crippen LogP contribution >= 0.6 is 24.0 Å². The molecule has 1 saturated heterocycles. The first-order chi connectivity index (χ1) is 16.9. The number of thiocarbonyl (C=S) groups is 1. The van der Waals surface area contributed by atoms with Crippen molar-refractivity contribution in [2.45, 2.75) is 26.2 Å². The second-order valence-electron chi connectivity index (χ2n) is 7.90. The molecule has 1 aliphatic heterocycles. The molecule has 1 aliphatic rings. The zero-order chi connectivity index (χ0) is 24.9. The minimum atomic E-state index is -0.488. The van der Waals surface area contributed by atoms with E-state index in [0.29, 0.717) is 32.6 Å². The van der Waals surface area contributed by atoms with Gasteiger partial charge in [-0.1, -0.05) is 61.9 Å². The van der Waals surface area contributed by atoms with Gasteiger partial charge in [-0.3, -0.25) is 19.8 Å². The van der Waals surface area contributed by atoms with E-state index in [1.54, 1.807) is 27.8 Å². The van der Waals surface area contributed by atoms with Crippen molar-refractivity contribution in [3.63, 3.8) is 0 Å². The smallest absolute Gasteiger partial charge is 0.311 e. The lowest BCUT2D eigenvalue weighted by molar-refractivity contribution is -0.385. The highest BCUT2D eigenvalue weighted by molar-refractivity contribution is 8.26. The van der Waals surface area contributed by atoms with E-state index in [9.17, 15) is 14.9 Å². The first-order valence-electron chi connectivity index (χ1n) is 11.2. The van der Waals surface area contributed by atoms with Crippen LogP contribution < -0.4 is 4.74 Å². The van der Waals surface area contributed by atoms with E-state index in [-0.39, 0.29) is 17.3 Å². The van der Waals surface area contributed by atoms with Crippen LogP contribution in [0.25, 0.3) is 23.0 Å². The fourth-order valence-corrected chi connectivity index (χ4v) is 5.06. The zero-order valence-electron chi connectivity index (χ0n) is 19.3. The maximum atomic E-state index is 13.1. The Hall–Kier alpha value is -3.50. The summed E-state index contributed by atoms with van der Waals surface area (Å²) in [6.45, 7) is 2.70. The molecule has 0 radical (unpaired) electrons. The molecule has 0 atom stereocenters. The number of ether oxygens (including phenoxy) is 1. The van der Waals surface area contributed by atoms with Gasteiger partial charge in [-0.15, -0.1) is 0 Å². The van der Waals surface area contributed by atoms with Gasteiger partial charge in [-0.2, -0.15) is 5.10 Å². The molecule has 0 bridgehead atoms. The topological polar surface area (TPSA) is 90.5 Å². The number of benzene rings is 2. The zero-order valence-corrected chi connectivity index (χ0v) is 21.0. The molecule has 8 nitrogen and oxygen atoms in total. The maximum absolute atomic E-state index is 13.1. The molecule has 0 aliphatic carbocycles. The van der Waals surface area contributed by atoms with Crippen molar-refractivity contribution in [1.29, 1.82) is 0 Å². The Kier molecular flexibility index (Phi) is 7.62. The highest BCUT2D eigenvalue weighted by Gasteiger charge is 2.32. The van der Waals surface area contributed by atoms with Crippen molar-refractivity contribution < 1.29 is 14.5 Å². The van der Waals surface area contributed by atoms with Gasteiger partial charge >= 0.3 is 5.69 Å². The fourth-order valence-electron chi connectivity index (χ4n) is 3.76. The number of rotatable bonds is 9. The van der Waals surface area contributed by atoms with Crippen LogP contribution in [-0.2, 0) is 4.79 Å². The highest BCUT2D eigenvalue weighted by atomic mass is 32.2. The highest BCUT2D eigenvalue weighted by Crippen LogP contribution is 2.37. The minimum Gasteiger partial charge on any atom is -0.490 e. The van der Waals surface area contributed by atoms with Crippen molar-refractivity contribution in [3.05, 3.63) is 75.3 Å². The Morgan fingerprint density at radius 2 is 1.97 bits per heavy atom. The van der Waals surface area contributed by atoms with Gasteiger partial charge in [0.25, 0.3) is 5.91 Å². The summed E-state index contributed by atoms with van der Waals surface area (Å²) in [6.07, 6.45) is 6.55. The summed E-state index contributed by atoms with van der Waals surface area (Å²) in [6, 6.07) is 14.2. The number of para-hydroxylation sites is 1.